The van der Waals surface area contributed by atoms with E-state index in [2.05, 4.69) is 0 Å². The molecule has 1 aromatic carbocycles. The Hall–Kier alpha value is -1.42. The van der Waals surface area contributed by atoms with Gasteiger partial charge in [0.05, 0.1) is 0 Å². The first-order chi connectivity index (χ1) is 10.1. The minimum absolute atomic E-state index is 0.0863. The van der Waals surface area contributed by atoms with Crippen molar-refractivity contribution in [3.05, 3.63) is 35.6 Å². The van der Waals surface area contributed by atoms with Crippen LogP contribution in [-0.4, -0.2) is 29.9 Å². The summed E-state index contributed by atoms with van der Waals surface area (Å²) >= 11 is 0. The third-order valence-electron chi connectivity index (χ3n) is 4.41. The molecule has 1 saturated heterocycles. The Morgan fingerprint density at radius 1 is 1.43 bits per heavy atom. The van der Waals surface area contributed by atoms with Gasteiger partial charge in [0, 0.05) is 25.0 Å². The van der Waals surface area contributed by atoms with E-state index >= 15 is 0 Å². The van der Waals surface area contributed by atoms with Crippen LogP contribution in [0.25, 0.3) is 0 Å². The van der Waals surface area contributed by atoms with E-state index in [1.807, 2.05) is 17.9 Å². The Morgan fingerprint density at radius 3 is 2.90 bits per heavy atom. The Morgan fingerprint density at radius 2 is 2.19 bits per heavy atom. The molecule has 1 aliphatic heterocycles. The summed E-state index contributed by atoms with van der Waals surface area (Å²) in [7, 11) is 0. The molecule has 116 valence electrons. The molecular weight excluding hydrogens is 267 g/mol. The van der Waals surface area contributed by atoms with E-state index in [0.29, 0.717) is 24.9 Å². The molecule has 2 atom stereocenters. The SMILES string of the molecule is C[C@@H](CCc1ccccc1F)C(=O)N1CCCC[C@@H]1CN. The zero-order valence-electron chi connectivity index (χ0n) is 12.7. The lowest BCUT2D eigenvalue weighted by Crippen LogP contribution is -2.49. The minimum atomic E-state index is -0.185. The summed E-state index contributed by atoms with van der Waals surface area (Å²) in [6.45, 7) is 3.28. The van der Waals surface area contributed by atoms with Crippen LogP contribution in [0.5, 0.6) is 0 Å². The maximum atomic E-state index is 13.6. The van der Waals surface area contributed by atoms with Crippen molar-refractivity contribution in [1.29, 1.82) is 0 Å². The average Bonchev–Trinajstić information content (AvgIpc) is 2.53. The molecule has 3 nitrogen and oxygen atoms in total. The quantitative estimate of drug-likeness (QED) is 0.907. The summed E-state index contributed by atoms with van der Waals surface area (Å²) in [5.74, 6) is -0.104. The van der Waals surface area contributed by atoms with Crippen LogP contribution in [0.15, 0.2) is 24.3 Å². The fraction of sp³-hybridized carbons (Fsp3) is 0.588. The first-order valence-corrected chi connectivity index (χ1v) is 7.87. The molecule has 0 radical (unpaired) electrons. The van der Waals surface area contributed by atoms with Crippen LogP contribution in [0.2, 0.25) is 0 Å². The van der Waals surface area contributed by atoms with Crippen molar-refractivity contribution < 1.29 is 9.18 Å². The van der Waals surface area contributed by atoms with Gasteiger partial charge in [-0.05, 0) is 43.7 Å². The highest BCUT2D eigenvalue weighted by atomic mass is 19.1. The molecule has 0 bridgehead atoms. The number of rotatable bonds is 5. The first kappa shape index (κ1) is 16.0. The highest BCUT2D eigenvalue weighted by Gasteiger charge is 2.28. The fourth-order valence-corrected chi connectivity index (χ4v) is 3.02. The molecular formula is C17H25FN2O. The first-order valence-electron chi connectivity index (χ1n) is 7.87. The van der Waals surface area contributed by atoms with Gasteiger partial charge in [0.1, 0.15) is 5.82 Å². The third kappa shape index (κ3) is 4.03. The van der Waals surface area contributed by atoms with Gasteiger partial charge in [-0.1, -0.05) is 25.1 Å². The fourth-order valence-electron chi connectivity index (χ4n) is 3.02. The van der Waals surface area contributed by atoms with Crippen molar-refractivity contribution in [1.82, 2.24) is 4.90 Å². The van der Waals surface area contributed by atoms with E-state index in [1.54, 1.807) is 12.1 Å². The van der Waals surface area contributed by atoms with Crippen LogP contribution in [0.1, 0.15) is 38.2 Å². The molecule has 4 heteroatoms. The Balaban J connectivity index is 1.91. The number of carbonyl (C=O) groups excluding carboxylic acids is 1. The minimum Gasteiger partial charge on any atom is -0.338 e. The summed E-state index contributed by atoms with van der Waals surface area (Å²) < 4.78 is 13.6. The number of aryl methyl sites for hydroxylation is 1. The number of nitrogens with zero attached hydrogens (tertiary/aromatic N) is 1. The number of hydrogen-bond donors (Lipinski definition) is 1. The van der Waals surface area contributed by atoms with Crippen LogP contribution < -0.4 is 5.73 Å². The van der Waals surface area contributed by atoms with E-state index in [9.17, 15) is 9.18 Å². The lowest BCUT2D eigenvalue weighted by Gasteiger charge is -2.36. The van der Waals surface area contributed by atoms with Crippen LogP contribution in [0.3, 0.4) is 0 Å². The number of benzene rings is 1. The second-order valence-electron chi connectivity index (χ2n) is 5.95. The number of amides is 1. The molecule has 0 saturated carbocycles. The average molecular weight is 292 g/mol. The predicted molar refractivity (Wildman–Crippen MR) is 82.3 cm³/mol. The summed E-state index contributed by atoms with van der Waals surface area (Å²) in [6, 6.07) is 6.96. The highest BCUT2D eigenvalue weighted by Crippen LogP contribution is 2.21. The normalized spacial score (nSPS) is 20.3. The summed E-state index contributed by atoms with van der Waals surface area (Å²) in [6.07, 6.45) is 4.48. The standard InChI is InChI=1S/C17H25FN2O/c1-13(9-10-14-6-2-3-8-16(14)18)17(21)20-11-5-4-7-15(20)12-19/h2-3,6,8,13,15H,4-5,7,9-12,19H2,1H3/t13-,15+/m0/s1. The van der Waals surface area contributed by atoms with E-state index < -0.39 is 0 Å². The van der Waals surface area contributed by atoms with Gasteiger partial charge in [0.2, 0.25) is 5.91 Å². The Labute approximate surface area is 126 Å². The van der Waals surface area contributed by atoms with Crippen molar-refractivity contribution in [3.8, 4) is 0 Å². The van der Waals surface area contributed by atoms with Gasteiger partial charge >= 0.3 is 0 Å². The molecule has 2 N–H and O–H groups in total. The van der Waals surface area contributed by atoms with Crippen LogP contribution in [-0.2, 0) is 11.2 Å². The number of carbonyl (C=O) groups is 1. The maximum Gasteiger partial charge on any atom is 0.225 e. The monoisotopic (exact) mass is 292 g/mol. The largest absolute Gasteiger partial charge is 0.338 e. The zero-order chi connectivity index (χ0) is 15.2. The number of halogens is 1. The summed E-state index contributed by atoms with van der Waals surface area (Å²) in [5, 5.41) is 0. The van der Waals surface area contributed by atoms with Crippen molar-refractivity contribution in [2.45, 2.75) is 45.1 Å². The molecule has 1 aliphatic rings. The predicted octanol–water partition coefficient (Wildman–Crippen LogP) is 2.73. The smallest absolute Gasteiger partial charge is 0.225 e. The van der Waals surface area contributed by atoms with Crippen molar-refractivity contribution in [3.63, 3.8) is 0 Å². The van der Waals surface area contributed by atoms with Crippen LogP contribution in [0.4, 0.5) is 4.39 Å². The van der Waals surface area contributed by atoms with Crippen molar-refractivity contribution >= 4 is 5.91 Å². The topological polar surface area (TPSA) is 46.3 Å². The molecule has 1 fully saturated rings. The molecule has 1 aromatic rings. The van der Waals surface area contributed by atoms with Gasteiger partial charge in [0.15, 0.2) is 0 Å². The molecule has 0 aliphatic carbocycles. The second-order valence-corrected chi connectivity index (χ2v) is 5.95. The summed E-state index contributed by atoms with van der Waals surface area (Å²) in [4.78, 5) is 14.5. The van der Waals surface area contributed by atoms with E-state index in [4.69, 9.17) is 5.73 Å². The van der Waals surface area contributed by atoms with Gasteiger partial charge < -0.3 is 10.6 Å². The number of piperidine rings is 1. The number of hydrogen-bond acceptors (Lipinski definition) is 2. The Kier molecular flexibility index (Phi) is 5.74. The number of likely N-dealkylation sites (tertiary alicyclic amines) is 1. The molecule has 1 amide bonds. The third-order valence-corrected chi connectivity index (χ3v) is 4.41. The Bertz CT molecular complexity index is 478. The lowest BCUT2D eigenvalue weighted by atomic mass is 9.96. The van der Waals surface area contributed by atoms with Gasteiger partial charge in [-0.3, -0.25) is 4.79 Å². The summed E-state index contributed by atoms with van der Waals surface area (Å²) in [5.41, 5.74) is 6.46. The zero-order valence-corrected chi connectivity index (χ0v) is 12.7. The van der Waals surface area contributed by atoms with Crippen molar-refractivity contribution in [2.75, 3.05) is 13.1 Å². The number of nitrogens with two attached hydrogens (primary N) is 1. The van der Waals surface area contributed by atoms with Gasteiger partial charge in [0.25, 0.3) is 0 Å². The molecule has 21 heavy (non-hydrogen) atoms. The molecule has 0 unspecified atom stereocenters. The molecule has 1 heterocycles. The van der Waals surface area contributed by atoms with E-state index in [0.717, 1.165) is 25.8 Å². The van der Waals surface area contributed by atoms with Gasteiger partial charge in [-0.25, -0.2) is 4.39 Å². The highest BCUT2D eigenvalue weighted by molar-refractivity contribution is 5.79. The van der Waals surface area contributed by atoms with Crippen LogP contribution in [0, 0.1) is 11.7 Å². The molecule has 0 aromatic heterocycles. The van der Waals surface area contributed by atoms with E-state index in [1.165, 1.54) is 6.07 Å². The van der Waals surface area contributed by atoms with E-state index in [-0.39, 0.29) is 23.7 Å². The van der Waals surface area contributed by atoms with Gasteiger partial charge in [-0.15, -0.1) is 0 Å². The second kappa shape index (κ2) is 7.55. The van der Waals surface area contributed by atoms with Crippen LogP contribution >= 0.6 is 0 Å². The lowest BCUT2D eigenvalue weighted by molar-refractivity contribution is -0.138. The molecule has 0 spiro atoms. The van der Waals surface area contributed by atoms with Gasteiger partial charge in [-0.2, -0.15) is 0 Å². The molecule has 2 rings (SSSR count). The maximum absolute atomic E-state index is 13.6. The van der Waals surface area contributed by atoms with Crippen molar-refractivity contribution in [2.24, 2.45) is 11.7 Å².